The smallest absolute Gasteiger partial charge is 0.189 e. The third kappa shape index (κ3) is 4.38. The van der Waals surface area contributed by atoms with Crippen molar-refractivity contribution in [3.63, 3.8) is 0 Å². The van der Waals surface area contributed by atoms with Gasteiger partial charge in [0.15, 0.2) is 11.4 Å². The average Bonchev–Trinajstić information content (AvgIpc) is 3.70. The molecule has 0 aliphatic carbocycles. The Morgan fingerprint density at radius 2 is 0.940 bits per heavy atom. The SMILES string of the molecule is [C-]#[N+]c1ccc(-c2ccc(-c3ccc(C#N)c(-n4c5ccccc5c5ccccc54)c3)cc2)c(-n2c3ccccc3c3cc([N+]#[C-])ccc32)c1. The fraction of sp³-hybridized carbons (Fsp3) is 0. The number of hydrogen-bond acceptors (Lipinski definition) is 1. The van der Waals surface area contributed by atoms with E-state index in [1.54, 1.807) is 0 Å². The van der Waals surface area contributed by atoms with Gasteiger partial charge in [0.1, 0.15) is 6.07 Å². The molecule has 230 valence electrons. The maximum absolute atomic E-state index is 10.2. The number of nitrogens with zero attached hydrogens (tertiary/aromatic N) is 5. The van der Waals surface area contributed by atoms with E-state index in [0.29, 0.717) is 16.9 Å². The van der Waals surface area contributed by atoms with Gasteiger partial charge in [-0.1, -0.05) is 103 Å². The molecule has 0 amide bonds. The van der Waals surface area contributed by atoms with Crippen LogP contribution >= 0.6 is 0 Å². The first-order valence-corrected chi connectivity index (χ1v) is 16.2. The maximum atomic E-state index is 10.2. The number of para-hydroxylation sites is 3. The molecule has 0 fully saturated rings. The predicted molar refractivity (Wildman–Crippen MR) is 203 cm³/mol. The Morgan fingerprint density at radius 1 is 0.440 bits per heavy atom. The average molecular weight is 636 g/mol. The topological polar surface area (TPSA) is 42.4 Å². The fourth-order valence-electron chi connectivity index (χ4n) is 7.32. The van der Waals surface area contributed by atoms with Gasteiger partial charge >= 0.3 is 0 Å². The molecule has 9 aromatic rings. The van der Waals surface area contributed by atoms with E-state index in [-0.39, 0.29) is 0 Å². The molecule has 0 saturated heterocycles. The fourth-order valence-corrected chi connectivity index (χ4v) is 7.32. The number of nitriles is 1. The van der Waals surface area contributed by atoms with E-state index in [9.17, 15) is 5.26 Å². The molecule has 5 heteroatoms. The van der Waals surface area contributed by atoms with Gasteiger partial charge in [0.05, 0.1) is 46.5 Å². The van der Waals surface area contributed by atoms with Crippen LogP contribution in [0.25, 0.3) is 86.9 Å². The van der Waals surface area contributed by atoms with Crippen LogP contribution in [0.3, 0.4) is 0 Å². The summed E-state index contributed by atoms with van der Waals surface area (Å²) in [6.07, 6.45) is 0. The summed E-state index contributed by atoms with van der Waals surface area (Å²) in [5.41, 5.74) is 11.7. The van der Waals surface area contributed by atoms with Gasteiger partial charge in [0, 0.05) is 27.4 Å². The Kier molecular flexibility index (Phi) is 6.56. The van der Waals surface area contributed by atoms with Gasteiger partial charge in [-0.3, -0.25) is 0 Å². The minimum atomic E-state index is 0.555. The lowest BCUT2D eigenvalue weighted by Gasteiger charge is -2.16. The molecule has 0 aliphatic rings. The molecule has 7 aromatic carbocycles. The van der Waals surface area contributed by atoms with E-state index >= 15 is 0 Å². The first kappa shape index (κ1) is 28.8. The van der Waals surface area contributed by atoms with E-state index in [2.05, 4.69) is 104 Å². The van der Waals surface area contributed by atoms with Crippen LogP contribution in [0.4, 0.5) is 11.4 Å². The summed E-state index contributed by atoms with van der Waals surface area (Å²) in [5.74, 6) is 0. The van der Waals surface area contributed by atoms with Crippen LogP contribution in [0, 0.1) is 24.5 Å². The molecular formula is C45H25N5. The van der Waals surface area contributed by atoms with Crippen LogP contribution in [-0.2, 0) is 0 Å². The minimum Gasteiger partial charge on any atom is -0.310 e. The highest BCUT2D eigenvalue weighted by atomic mass is 15.0. The zero-order chi connectivity index (χ0) is 33.8. The first-order valence-electron chi connectivity index (χ1n) is 16.2. The van der Waals surface area contributed by atoms with E-state index in [1.807, 2.05) is 72.8 Å². The Morgan fingerprint density at radius 3 is 1.56 bits per heavy atom. The van der Waals surface area contributed by atoms with Crippen molar-refractivity contribution in [3.05, 3.63) is 180 Å². The molecule has 0 atom stereocenters. The Labute approximate surface area is 288 Å². The summed E-state index contributed by atoms with van der Waals surface area (Å²) in [6, 6.07) is 53.4. The normalized spacial score (nSPS) is 11.1. The third-order valence-corrected chi connectivity index (χ3v) is 9.60. The lowest BCUT2D eigenvalue weighted by Crippen LogP contribution is -1.98. The summed E-state index contributed by atoms with van der Waals surface area (Å²) in [7, 11) is 0. The van der Waals surface area contributed by atoms with Crippen molar-refractivity contribution >= 4 is 55.0 Å². The van der Waals surface area contributed by atoms with Gasteiger partial charge in [-0.25, -0.2) is 9.69 Å². The van der Waals surface area contributed by atoms with Crippen LogP contribution < -0.4 is 0 Å². The highest BCUT2D eigenvalue weighted by molar-refractivity contribution is 6.11. The van der Waals surface area contributed by atoms with Gasteiger partial charge in [-0.05, 0) is 70.6 Å². The molecule has 2 aromatic heterocycles. The highest BCUT2D eigenvalue weighted by Crippen LogP contribution is 2.40. The number of aromatic nitrogens is 2. The van der Waals surface area contributed by atoms with Crippen molar-refractivity contribution in [3.8, 4) is 39.7 Å². The molecule has 0 N–H and O–H groups in total. The van der Waals surface area contributed by atoms with E-state index in [0.717, 1.165) is 77.2 Å². The molecule has 5 nitrogen and oxygen atoms in total. The second kappa shape index (κ2) is 11.4. The lowest BCUT2D eigenvalue weighted by molar-refractivity contribution is 1.17. The Balaban J connectivity index is 1.19. The van der Waals surface area contributed by atoms with Crippen molar-refractivity contribution < 1.29 is 0 Å². The summed E-state index contributed by atoms with van der Waals surface area (Å²) >= 11 is 0. The van der Waals surface area contributed by atoms with Crippen molar-refractivity contribution in [2.45, 2.75) is 0 Å². The number of fused-ring (bicyclic) bond motifs is 6. The van der Waals surface area contributed by atoms with Crippen molar-refractivity contribution in [2.75, 3.05) is 0 Å². The van der Waals surface area contributed by atoms with Crippen LogP contribution in [0.5, 0.6) is 0 Å². The molecule has 0 radical (unpaired) electrons. The quantitative estimate of drug-likeness (QED) is 0.177. The summed E-state index contributed by atoms with van der Waals surface area (Å²) in [5, 5.41) is 14.5. The summed E-state index contributed by atoms with van der Waals surface area (Å²) < 4.78 is 4.40. The number of rotatable bonds is 4. The van der Waals surface area contributed by atoms with Gasteiger partial charge in [-0.2, -0.15) is 5.26 Å². The van der Waals surface area contributed by atoms with Crippen molar-refractivity contribution in [2.24, 2.45) is 0 Å². The molecule has 9 rings (SSSR count). The molecule has 0 spiro atoms. The number of hydrogen-bond donors (Lipinski definition) is 0. The predicted octanol–water partition coefficient (Wildman–Crippen LogP) is 12.2. The van der Waals surface area contributed by atoms with E-state index in [4.69, 9.17) is 13.1 Å². The van der Waals surface area contributed by atoms with Gasteiger partial charge in [0.25, 0.3) is 0 Å². The zero-order valence-electron chi connectivity index (χ0n) is 26.7. The number of benzene rings is 7. The largest absolute Gasteiger partial charge is 0.310 e. The standard InChI is InChI=1S/C45H25N5/c1-47-33-22-24-43-39(26-33)38-11-5-8-14-42(38)50(43)45-27-34(48-2)21-23-35(45)30-17-15-29(16-18-30)31-19-20-32(28-46)44(25-31)49-40-12-6-3-9-36(40)37-10-4-7-13-41(37)49/h3-27H. The van der Waals surface area contributed by atoms with E-state index in [1.165, 1.54) is 0 Å². The highest BCUT2D eigenvalue weighted by Gasteiger charge is 2.18. The third-order valence-electron chi connectivity index (χ3n) is 9.60. The van der Waals surface area contributed by atoms with Crippen LogP contribution in [0.1, 0.15) is 5.56 Å². The van der Waals surface area contributed by atoms with Gasteiger partial charge in [0.2, 0.25) is 0 Å². The molecule has 0 saturated carbocycles. The van der Waals surface area contributed by atoms with Crippen LogP contribution in [0.15, 0.2) is 152 Å². The van der Waals surface area contributed by atoms with Gasteiger partial charge < -0.3 is 9.13 Å². The summed E-state index contributed by atoms with van der Waals surface area (Å²) in [6.45, 7) is 15.4. The molecule has 2 heterocycles. The Hall–Kier alpha value is -7.39. The summed E-state index contributed by atoms with van der Waals surface area (Å²) in [4.78, 5) is 7.45. The minimum absolute atomic E-state index is 0.555. The van der Waals surface area contributed by atoms with Gasteiger partial charge in [-0.15, -0.1) is 0 Å². The molecular weight excluding hydrogens is 611 g/mol. The van der Waals surface area contributed by atoms with Crippen molar-refractivity contribution in [1.82, 2.24) is 9.13 Å². The van der Waals surface area contributed by atoms with Crippen LogP contribution in [0.2, 0.25) is 0 Å². The van der Waals surface area contributed by atoms with Crippen LogP contribution in [-0.4, -0.2) is 9.13 Å². The zero-order valence-corrected chi connectivity index (χ0v) is 26.7. The molecule has 0 bridgehead atoms. The monoisotopic (exact) mass is 635 g/mol. The Bertz CT molecular complexity index is 2900. The van der Waals surface area contributed by atoms with E-state index < -0.39 is 0 Å². The van der Waals surface area contributed by atoms with Crippen molar-refractivity contribution in [1.29, 1.82) is 5.26 Å². The lowest BCUT2D eigenvalue weighted by atomic mass is 9.97. The second-order valence-corrected chi connectivity index (χ2v) is 12.3. The molecule has 0 unspecified atom stereocenters. The second-order valence-electron chi connectivity index (χ2n) is 12.3. The molecule has 50 heavy (non-hydrogen) atoms. The first-order chi connectivity index (χ1) is 24.7. The maximum Gasteiger partial charge on any atom is 0.189 e. The molecule has 0 aliphatic heterocycles.